The number of aliphatic imine (C=N–C) groups is 1. The average Bonchev–Trinajstić information content (AvgIpc) is 2.38. The van der Waals surface area contributed by atoms with Crippen LogP contribution in [0.5, 0.6) is 0 Å². The summed E-state index contributed by atoms with van der Waals surface area (Å²) in [6.07, 6.45) is 1.19. The van der Waals surface area contributed by atoms with Crippen LogP contribution in [0.15, 0.2) is 28.1 Å². The number of amidine groups is 1. The summed E-state index contributed by atoms with van der Waals surface area (Å²) >= 11 is 1.92. The lowest BCUT2D eigenvalue weighted by molar-refractivity contribution is 0.449. The van der Waals surface area contributed by atoms with Crippen molar-refractivity contribution in [2.24, 2.45) is 4.99 Å². The van der Waals surface area contributed by atoms with E-state index in [2.05, 4.69) is 47.1 Å². The monoisotopic (exact) mass is 247 g/mol. The topological polar surface area (TPSA) is 18.8 Å². The lowest BCUT2D eigenvalue weighted by Gasteiger charge is -2.34. The van der Waals surface area contributed by atoms with E-state index in [0.29, 0.717) is 0 Å². The quantitative estimate of drug-likeness (QED) is 0.758. The molecule has 0 aliphatic carbocycles. The minimum atomic E-state index is 0.978. The molecule has 3 rings (SSSR count). The molecule has 0 bridgehead atoms. The van der Waals surface area contributed by atoms with Gasteiger partial charge in [-0.05, 0) is 24.6 Å². The van der Waals surface area contributed by atoms with Crippen molar-refractivity contribution >= 4 is 23.3 Å². The summed E-state index contributed by atoms with van der Waals surface area (Å²) in [5, 5.41) is 0. The molecule has 0 saturated heterocycles. The fourth-order valence-electron chi connectivity index (χ4n) is 2.27. The third-order valence-corrected chi connectivity index (χ3v) is 4.34. The van der Waals surface area contributed by atoms with E-state index < -0.39 is 0 Å². The molecule has 0 fully saturated rings. The van der Waals surface area contributed by atoms with Crippen LogP contribution in [-0.2, 0) is 0 Å². The Hall–Kier alpha value is -1.16. The van der Waals surface area contributed by atoms with Crippen LogP contribution < -0.4 is 4.90 Å². The summed E-state index contributed by atoms with van der Waals surface area (Å²) < 4.78 is 0. The highest BCUT2D eigenvalue weighted by molar-refractivity contribution is 7.99. The Bertz CT molecular complexity index is 468. The maximum atomic E-state index is 4.68. The van der Waals surface area contributed by atoms with Crippen LogP contribution in [0.2, 0.25) is 0 Å². The normalized spacial score (nSPS) is 18.2. The molecular formula is C13H17N3S. The van der Waals surface area contributed by atoms with E-state index in [0.717, 1.165) is 19.0 Å². The highest BCUT2D eigenvalue weighted by Gasteiger charge is 2.24. The summed E-state index contributed by atoms with van der Waals surface area (Å²) in [7, 11) is 4.17. The second kappa shape index (κ2) is 4.26. The first kappa shape index (κ1) is 11.0. The predicted molar refractivity (Wildman–Crippen MR) is 74.2 cm³/mol. The van der Waals surface area contributed by atoms with Crippen molar-refractivity contribution in [3.05, 3.63) is 23.8 Å². The summed E-state index contributed by atoms with van der Waals surface area (Å²) in [6, 6.07) is 6.67. The van der Waals surface area contributed by atoms with Gasteiger partial charge in [-0.25, -0.2) is 0 Å². The van der Waals surface area contributed by atoms with Gasteiger partial charge in [0.25, 0.3) is 0 Å². The highest BCUT2D eigenvalue weighted by atomic mass is 32.2. The number of benzene rings is 1. The Morgan fingerprint density at radius 2 is 2.24 bits per heavy atom. The molecule has 0 saturated carbocycles. The fraction of sp³-hybridized carbons (Fsp3) is 0.462. The minimum absolute atomic E-state index is 0.978. The second-order valence-electron chi connectivity index (χ2n) is 4.67. The van der Waals surface area contributed by atoms with Gasteiger partial charge in [-0.3, -0.25) is 4.99 Å². The number of hydrogen-bond donors (Lipinski definition) is 0. The predicted octanol–water partition coefficient (Wildman–Crippen LogP) is 2.27. The lowest BCUT2D eigenvalue weighted by Crippen LogP contribution is -2.38. The van der Waals surface area contributed by atoms with Crippen molar-refractivity contribution in [2.75, 3.05) is 38.0 Å². The van der Waals surface area contributed by atoms with Crippen molar-refractivity contribution in [1.82, 2.24) is 4.90 Å². The molecule has 0 amide bonds. The van der Waals surface area contributed by atoms with Gasteiger partial charge in [0.1, 0.15) is 5.84 Å². The second-order valence-corrected chi connectivity index (χ2v) is 5.66. The van der Waals surface area contributed by atoms with Gasteiger partial charge in [-0.1, -0.05) is 0 Å². The van der Waals surface area contributed by atoms with E-state index in [-0.39, 0.29) is 0 Å². The van der Waals surface area contributed by atoms with Gasteiger partial charge in [0.05, 0.1) is 5.88 Å². The lowest BCUT2D eigenvalue weighted by atomic mass is 10.1. The highest BCUT2D eigenvalue weighted by Crippen LogP contribution is 2.34. The Kier molecular flexibility index (Phi) is 2.74. The van der Waals surface area contributed by atoms with Crippen molar-refractivity contribution in [1.29, 1.82) is 0 Å². The van der Waals surface area contributed by atoms with Crippen LogP contribution in [0, 0.1) is 0 Å². The van der Waals surface area contributed by atoms with E-state index in [9.17, 15) is 0 Å². The SMILES string of the molecule is CN(C)c1ccc2c(c1)SCN1CCCN=C21. The van der Waals surface area contributed by atoms with Crippen LogP contribution in [0.25, 0.3) is 0 Å². The smallest absolute Gasteiger partial charge is 0.132 e. The van der Waals surface area contributed by atoms with Gasteiger partial charge >= 0.3 is 0 Å². The van der Waals surface area contributed by atoms with Crippen molar-refractivity contribution in [3.63, 3.8) is 0 Å². The molecule has 2 aliphatic heterocycles. The van der Waals surface area contributed by atoms with Crippen LogP contribution in [-0.4, -0.2) is 43.8 Å². The Morgan fingerprint density at radius 1 is 1.35 bits per heavy atom. The summed E-state index contributed by atoms with van der Waals surface area (Å²) in [6.45, 7) is 2.13. The van der Waals surface area contributed by atoms with Gasteiger partial charge in [0.2, 0.25) is 0 Å². The zero-order valence-electron chi connectivity index (χ0n) is 10.3. The van der Waals surface area contributed by atoms with Gasteiger partial charge < -0.3 is 9.80 Å². The van der Waals surface area contributed by atoms with Crippen molar-refractivity contribution in [3.8, 4) is 0 Å². The van der Waals surface area contributed by atoms with E-state index in [4.69, 9.17) is 0 Å². The van der Waals surface area contributed by atoms with Crippen molar-refractivity contribution < 1.29 is 0 Å². The number of fused-ring (bicyclic) bond motifs is 3. The molecule has 2 aliphatic rings. The fourth-order valence-corrected chi connectivity index (χ4v) is 3.34. The molecule has 0 unspecified atom stereocenters. The first-order valence-corrected chi connectivity index (χ1v) is 6.98. The van der Waals surface area contributed by atoms with Gasteiger partial charge in [0.15, 0.2) is 0 Å². The number of nitrogens with zero attached hydrogens (tertiary/aromatic N) is 3. The van der Waals surface area contributed by atoms with Gasteiger partial charge in [-0.15, -0.1) is 11.8 Å². The number of thioether (sulfide) groups is 1. The molecular weight excluding hydrogens is 230 g/mol. The third-order valence-electron chi connectivity index (χ3n) is 3.25. The van der Waals surface area contributed by atoms with Crippen LogP contribution >= 0.6 is 11.8 Å². The number of rotatable bonds is 1. The zero-order valence-corrected chi connectivity index (χ0v) is 11.1. The standard InChI is InChI=1S/C13H17N3S/c1-15(2)10-4-5-11-12(8-10)17-9-16-7-3-6-14-13(11)16/h4-5,8H,3,6-7,9H2,1-2H3. The zero-order chi connectivity index (χ0) is 11.8. The number of hydrogen-bond acceptors (Lipinski definition) is 4. The average molecular weight is 247 g/mol. The molecule has 2 heterocycles. The number of anilines is 1. The third kappa shape index (κ3) is 1.90. The van der Waals surface area contributed by atoms with Gasteiger partial charge in [-0.2, -0.15) is 0 Å². The molecule has 0 atom stereocenters. The molecule has 4 heteroatoms. The van der Waals surface area contributed by atoms with E-state index >= 15 is 0 Å². The maximum absolute atomic E-state index is 4.68. The molecule has 1 aromatic rings. The van der Waals surface area contributed by atoms with E-state index in [1.54, 1.807) is 0 Å². The van der Waals surface area contributed by atoms with Crippen LogP contribution in [0.3, 0.4) is 0 Å². The van der Waals surface area contributed by atoms with Crippen LogP contribution in [0.4, 0.5) is 5.69 Å². The molecule has 0 aromatic heterocycles. The molecule has 17 heavy (non-hydrogen) atoms. The molecule has 1 aromatic carbocycles. The molecule has 3 nitrogen and oxygen atoms in total. The summed E-state index contributed by atoms with van der Waals surface area (Å²) in [5.74, 6) is 2.25. The minimum Gasteiger partial charge on any atom is -0.378 e. The summed E-state index contributed by atoms with van der Waals surface area (Å²) in [4.78, 5) is 10.6. The molecule has 0 spiro atoms. The first-order valence-electron chi connectivity index (χ1n) is 5.99. The van der Waals surface area contributed by atoms with Gasteiger partial charge in [0, 0.05) is 43.3 Å². The first-order chi connectivity index (χ1) is 8.25. The Labute approximate surface area is 107 Å². The van der Waals surface area contributed by atoms with Crippen LogP contribution in [0.1, 0.15) is 12.0 Å². The van der Waals surface area contributed by atoms with Crippen molar-refractivity contribution in [2.45, 2.75) is 11.3 Å². The molecule has 0 N–H and O–H groups in total. The summed E-state index contributed by atoms with van der Waals surface area (Å²) in [5.41, 5.74) is 2.58. The Morgan fingerprint density at radius 3 is 3.06 bits per heavy atom. The molecule has 90 valence electrons. The maximum Gasteiger partial charge on any atom is 0.132 e. The Balaban J connectivity index is 2.03. The largest absolute Gasteiger partial charge is 0.378 e. The van der Waals surface area contributed by atoms with E-state index in [1.165, 1.54) is 28.4 Å². The molecule has 0 radical (unpaired) electrons. The van der Waals surface area contributed by atoms with E-state index in [1.807, 2.05) is 11.8 Å².